The van der Waals surface area contributed by atoms with Crippen LogP contribution in [0.4, 0.5) is 5.69 Å². The zero-order valence-corrected chi connectivity index (χ0v) is 11.5. The summed E-state index contributed by atoms with van der Waals surface area (Å²) >= 11 is 7.88. The van der Waals surface area contributed by atoms with Gasteiger partial charge in [0.25, 0.3) is 0 Å². The smallest absolute Gasteiger partial charge is 0.106 e. The second kappa shape index (κ2) is 5.03. The summed E-state index contributed by atoms with van der Waals surface area (Å²) in [6.45, 7) is 0. The summed E-state index contributed by atoms with van der Waals surface area (Å²) in [4.78, 5) is 4.38. The van der Waals surface area contributed by atoms with Crippen molar-refractivity contribution in [1.29, 1.82) is 0 Å². The quantitative estimate of drug-likeness (QED) is 0.883. The van der Waals surface area contributed by atoms with Crippen LogP contribution in [-0.4, -0.2) is 22.2 Å². The second-order valence-corrected chi connectivity index (χ2v) is 6.06. The van der Waals surface area contributed by atoms with Crippen molar-refractivity contribution in [2.45, 2.75) is 37.8 Å². The van der Waals surface area contributed by atoms with Crippen LogP contribution in [0.5, 0.6) is 0 Å². The largest absolute Gasteiger partial charge is 0.393 e. The van der Waals surface area contributed by atoms with E-state index >= 15 is 0 Å². The van der Waals surface area contributed by atoms with E-state index in [-0.39, 0.29) is 6.10 Å². The molecule has 0 amide bonds. The number of aliphatic hydroxyl groups excluding tert-OH is 1. The Hall–Kier alpha value is -0.840. The highest BCUT2D eigenvalue weighted by Gasteiger charge is 2.21. The molecule has 0 atom stereocenters. The van der Waals surface area contributed by atoms with Gasteiger partial charge in [0.2, 0.25) is 0 Å². The maximum Gasteiger partial charge on any atom is 0.106 e. The summed E-state index contributed by atoms with van der Waals surface area (Å²) in [5.41, 5.74) is 3.74. The molecule has 3 nitrogen and oxygen atoms in total. The van der Waals surface area contributed by atoms with Crippen molar-refractivity contribution in [3.05, 3.63) is 22.7 Å². The van der Waals surface area contributed by atoms with Crippen molar-refractivity contribution >= 4 is 38.8 Å². The first kappa shape index (κ1) is 12.2. The highest BCUT2D eigenvalue weighted by molar-refractivity contribution is 7.16. The van der Waals surface area contributed by atoms with E-state index in [1.807, 2.05) is 17.6 Å². The van der Waals surface area contributed by atoms with Crippen LogP contribution < -0.4 is 5.32 Å². The number of rotatable bonds is 2. The number of aromatic nitrogens is 1. The van der Waals surface area contributed by atoms with Gasteiger partial charge in [-0.15, -0.1) is 11.3 Å². The highest BCUT2D eigenvalue weighted by Crippen LogP contribution is 2.34. The Bertz CT molecular complexity index is 549. The summed E-state index contributed by atoms with van der Waals surface area (Å²) in [6.07, 6.45) is 3.56. The Labute approximate surface area is 115 Å². The van der Waals surface area contributed by atoms with Gasteiger partial charge in [0.1, 0.15) is 5.52 Å². The molecule has 18 heavy (non-hydrogen) atoms. The van der Waals surface area contributed by atoms with Gasteiger partial charge in [-0.05, 0) is 37.8 Å². The van der Waals surface area contributed by atoms with E-state index < -0.39 is 0 Å². The third-order valence-corrected chi connectivity index (χ3v) is 4.61. The summed E-state index contributed by atoms with van der Waals surface area (Å²) in [5.74, 6) is 0. The van der Waals surface area contributed by atoms with Gasteiger partial charge in [0.05, 0.1) is 27.0 Å². The Balaban J connectivity index is 1.85. The maximum absolute atomic E-state index is 9.52. The maximum atomic E-state index is 9.52. The van der Waals surface area contributed by atoms with E-state index in [2.05, 4.69) is 10.3 Å². The number of fused-ring (bicyclic) bond motifs is 1. The van der Waals surface area contributed by atoms with E-state index in [1.54, 1.807) is 11.3 Å². The van der Waals surface area contributed by atoms with Gasteiger partial charge in [-0.25, -0.2) is 4.98 Å². The van der Waals surface area contributed by atoms with Crippen molar-refractivity contribution in [2.75, 3.05) is 5.32 Å². The molecule has 1 saturated carbocycles. The number of thiazole rings is 1. The third kappa shape index (κ3) is 2.32. The number of aliphatic hydroxyl groups is 1. The molecule has 1 aliphatic carbocycles. The van der Waals surface area contributed by atoms with Crippen LogP contribution in [-0.2, 0) is 0 Å². The van der Waals surface area contributed by atoms with Crippen LogP contribution >= 0.6 is 22.9 Å². The predicted molar refractivity (Wildman–Crippen MR) is 76.5 cm³/mol. The van der Waals surface area contributed by atoms with E-state index in [0.29, 0.717) is 6.04 Å². The van der Waals surface area contributed by atoms with Crippen molar-refractivity contribution in [1.82, 2.24) is 4.98 Å². The molecule has 1 aromatic heterocycles. The first-order valence-electron chi connectivity index (χ1n) is 6.20. The molecule has 5 heteroatoms. The number of hydrogen-bond acceptors (Lipinski definition) is 4. The number of nitrogens with one attached hydrogen (secondary N) is 1. The van der Waals surface area contributed by atoms with Gasteiger partial charge in [0.15, 0.2) is 0 Å². The van der Waals surface area contributed by atoms with E-state index in [4.69, 9.17) is 11.6 Å². The van der Waals surface area contributed by atoms with Crippen LogP contribution in [0.15, 0.2) is 17.6 Å². The van der Waals surface area contributed by atoms with Crippen LogP contribution in [0.3, 0.4) is 0 Å². The Morgan fingerprint density at radius 3 is 2.83 bits per heavy atom. The molecule has 0 unspecified atom stereocenters. The first-order chi connectivity index (χ1) is 8.74. The molecule has 0 bridgehead atoms. The number of hydrogen-bond donors (Lipinski definition) is 2. The lowest BCUT2D eigenvalue weighted by molar-refractivity contribution is 0.126. The van der Waals surface area contributed by atoms with Crippen LogP contribution in [0.2, 0.25) is 5.02 Å². The SMILES string of the molecule is OC1CCC(Nc2c(Cl)ccc3scnc23)CC1. The molecular formula is C13H15ClN2OS. The van der Waals surface area contributed by atoms with Gasteiger partial charge in [-0.1, -0.05) is 11.6 Å². The molecule has 0 spiro atoms. The summed E-state index contributed by atoms with van der Waals surface area (Å²) in [5, 5.41) is 13.7. The molecular weight excluding hydrogens is 268 g/mol. The molecule has 2 aromatic rings. The molecule has 1 fully saturated rings. The molecule has 1 aliphatic rings. The Morgan fingerprint density at radius 1 is 1.28 bits per heavy atom. The fraction of sp³-hybridized carbons (Fsp3) is 0.462. The average molecular weight is 283 g/mol. The Kier molecular flexibility index (Phi) is 3.41. The van der Waals surface area contributed by atoms with E-state index in [1.165, 1.54) is 0 Å². The topological polar surface area (TPSA) is 45.1 Å². The number of benzene rings is 1. The lowest BCUT2D eigenvalue weighted by Crippen LogP contribution is -2.28. The molecule has 1 heterocycles. The van der Waals surface area contributed by atoms with Crippen LogP contribution in [0.1, 0.15) is 25.7 Å². The molecule has 2 N–H and O–H groups in total. The third-order valence-electron chi connectivity index (χ3n) is 3.50. The van der Waals surface area contributed by atoms with Gasteiger partial charge in [0, 0.05) is 6.04 Å². The van der Waals surface area contributed by atoms with Gasteiger partial charge < -0.3 is 10.4 Å². The van der Waals surface area contributed by atoms with Gasteiger partial charge >= 0.3 is 0 Å². The molecule has 0 aliphatic heterocycles. The Morgan fingerprint density at radius 2 is 2.06 bits per heavy atom. The normalized spacial score (nSPS) is 24.3. The van der Waals surface area contributed by atoms with E-state index in [0.717, 1.165) is 46.6 Å². The summed E-state index contributed by atoms with van der Waals surface area (Å²) in [6, 6.07) is 4.31. The zero-order valence-electron chi connectivity index (χ0n) is 9.90. The van der Waals surface area contributed by atoms with Crippen molar-refractivity contribution in [3.63, 3.8) is 0 Å². The number of anilines is 1. The lowest BCUT2D eigenvalue weighted by Gasteiger charge is -2.27. The highest BCUT2D eigenvalue weighted by atomic mass is 35.5. The van der Waals surface area contributed by atoms with Crippen LogP contribution in [0.25, 0.3) is 10.2 Å². The van der Waals surface area contributed by atoms with E-state index in [9.17, 15) is 5.11 Å². The zero-order chi connectivity index (χ0) is 12.5. The predicted octanol–water partition coefficient (Wildman–Crippen LogP) is 3.67. The standard InChI is InChI=1S/C13H15ClN2OS/c14-10-5-6-11-13(15-7-18-11)12(10)16-8-1-3-9(17)4-2-8/h5-9,16-17H,1-4H2. The van der Waals surface area contributed by atoms with Crippen molar-refractivity contribution in [2.24, 2.45) is 0 Å². The minimum Gasteiger partial charge on any atom is -0.393 e. The lowest BCUT2D eigenvalue weighted by atomic mass is 9.93. The number of halogens is 1. The van der Waals surface area contributed by atoms with Crippen LogP contribution in [0, 0.1) is 0 Å². The average Bonchev–Trinajstić information content (AvgIpc) is 2.84. The van der Waals surface area contributed by atoms with Gasteiger partial charge in [-0.2, -0.15) is 0 Å². The fourth-order valence-corrected chi connectivity index (χ4v) is 3.36. The van der Waals surface area contributed by atoms with Crippen molar-refractivity contribution < 1.29 is 5.11 Å². The van der Waals surface area contributed by atoms with Crippen molar-refractivity contribution in [3.8, 4) is 0 Å². The molecule has 1 aromatic carbocycles. The summed E-state index contributed by atoms with van der Waals surface area (Å²) < 4.78 is 1.15. The first-order valence-corrected chi connectivity index (χ1v) is 7.46. The minimum absolute atomic E-state index is 0.131. The molecule has 0 saturated heterocycles. The number of nitrogens with zero attached hydrogens (tertiary/aromatic N) is 1. The molecule has 0 radical (unpaired) electrons. The minimum atomic E-state index is -0.131. The fourth-order valence-electron chi connectivity index (χ4n) is 2.47. The molecule has 96 valence electrons. The second-order valence-electron chi connectivity index (χ2n) is 4.77. The monoisotopic (exact) mass is 282 g/mol. The molecule has 3 rings (SSSR count). The summed E-state index contributed by atoms with van der Waals surface area (Å²) in [7, 11) is 0. The van der Waals surface area contributed by atoms with Gasteiger partial charge in [-0.3, -0.25) is 0 Å².